The van der Waals surface area contributed by atoms with E-state index in [0.29, 0.717) is 0 Å². The number of nitrogens with one attached hydrogen (secondary N) is 2. The summed E-state index contributed by atoms with van der Waals surface area (Å²) in [6.07, 6.45) is 5.86. The first-order valence-corrected chi connectivity index (χ1v) is 6.57. The predicted molar refractivity (Wildman–Crippen MR) is 68.4 cm³/mol. The first kappa shape index (κ1) is 15.3. The van der Waals surface area contributed by atoms with E-state index in [1.807, 2.05) is 0 Å². The van der Waals surface area contributed by atoms with Crippen molar-refractivity contribution >= 4 is 17.9 Å². The number of aliphatic carboxylic acids is 1. The molecule has 1 saturated carbocycles. The van der Waals surface area contributed by atoms with Gasteiger partial charge in [0, 0.05) is 6.04 Å². The average molecular weight is 271 g/mol. The minimum absolute atomic E-state index is 0.0746. The maximum absolute atomic E-state index is 11.7. The third-order valence-corrected chi connectivity index (χ3v) is 3.20. The molecule has 0 unspecified atom stereocenters. The summed E-state index contributed by atoms with van der Waals surface area (Å²) in [5.41, 5.74) is 4.94. The summed E-state index contributed by atoms with van der Waals surface area (Å²) in [6.45, 7) is 0. The van der Waals surface area contributed by atoms with Gasteiger partial charge in [-0.05, 0) is 12.8 Å². The van der Waals surface area contributed by atoms with Gasteiger partial charge in [-0.3, -0.25) is 4.79 Å². The molecular formula is C12H21N3O4. The van der Waals surface area contributed by atoms with Crippen molar-refractivity contribution in [3.05, 3.63) is 0 Å². The lowest BCUT2D eigenvalue weighted by atomic mass is 10.1. The summed E-state index contributed by atoms with van der Waals surface area (Å²) in [4.78, 5) is 33.3. The number of carboxylic acid groups (broad SMARTS) is 1. The van der Waals surface area contributed by atoms with Crippen LogP contribution in [0, 0.1) is 0 Å². The SMILES string of the molecule is NC(=O)C[C@H](NC(=O)NC1CCCCCC1)C(=O)O. The number of hydrogen-bond donors (Lipinski definition) is 4. The molecular weight excluding hydrogens is 250 g/mol. The predicted octanol–water partition coefficient (Wildman–Crippen LogP) is 0.337. The Morgan fingerprint density at radius 1 is 1.16 bits per heavy atom. The molecule has 108 valence electrons. The second kappa shape index (κ2) is 7.60. The van der Waals surface area contributed by atoms with E-state index in [0.717, 1.165) is 25.7 Å². The number of primary amides is 1. The largest absolute Gasteiger partial charge is 0.480 e. The molecule has 0 aromatic heterocycles. The molecule has 3 amide bonds. The van der Waals surface area contributed by atoms with Crippen LogP contribution in [0.4, 0.5) is 4.79 Å². The molecule has 0 aromatic rings. The molecule has 0 heterocycles. The van der Waals surface area contributed by atoms with Crippen LogP contribution in [0.3, 0.4) is 0 Å². The monoisotopic (exact) mass is 271 g/mol. The van der Waals surface area contributed by atoms with Crippen molar-refractivity contribution in [2.75, 3.05) is 0 Å². The third-order valence-electron chi connectivity index (χ3n) is 3.20. The highest BCUT2D eigenvalue weighted by Gasteiger charge is 2.23. The van der Waals surface area contributed by atoms with E-state index in [2.05, 4.69) is 10.6 Å². The highest BCUT2D eigenvalue weighted by molar-refractivity contribution is 5.87. The van der Waals surface area contributed by atoms with Gasteiger partial charge < -0.3 is 21.5 Å². The summed E-state index contributed by atoms with van der Waals surface area (Å²) >= 11 is 0. The van der Waals surface area contributed by atoms with E-state index in [4.69, 9.17) is 10.8 Å². The summed E-state index contributed by atoms with van der Waals surface area (Å²) in [5.74, 6) is -2.03. The fraction of sp³-hybridized carbons (Fsp3) is 0.750. The highest BCUT2D eigenvalue weighted by Crippen LogP contribution is 2.17. The lowest BCUT2D eigenvalue weighted by molar-refractivity contribution is -0.140. The van der Waals surface area contributed by atoms with Crippen LogP contribution in [0.2, 0.25) is 0 Å². The van der Waals surface area contributed by atoms with E-state index in [9.17, 15) is 14.4 Å². The Labute approximate surface area is 111 Å². The number of urea groups is 1. The Morgan fingerprint density at radius 3 is 2.21 bits per heavy atom. The zero-order chi connectivity index (χ0) is 14.3. The molecule has 7 nitrogen and oxygen atoms in total. The van der Waals surface area contributed by atoms with E-state index < -0.39 is 30.4 Å². The van der Waals surface area contributed by atoms with Crippen molar-refractivity contribution in [1.29, 1.82) is 0 Å². The van der Waals surface area contributed by atoms with Gasteiger partial charge in [0.25, 0.3) is 0 Å². The van der Waals surface area contributed by atoms with Crippen molar-refractivity contribution in [3.63, 3.8) is 0 Å². The zero-order valence-electron chi connectivity index (χ0n) is 10.9. The molecule has 1 rings (SSSR count). The number of amides is 3. The topological polar surface area (TPSA) is 122 Å². The molecule has 0 saturated heterocycles. The number of nitrogens with two attached hydrogens (primary N) is 1. The Balaban J connectivity index is 2.42. The van der Waals surface area contributed by atoms with Crippen molar-refractivity contribution in [3.8, 4) is 0 Å². The van der Waals surface area contributed by atoms with Crippen LogP contribution < -0.4 is 16.4 Å². The quantitative estimate of drug-likeness (QED) is 0.538. The molecule has 0 radical (unpaired) electrons. The molecule has 1 aliphatic rings. The normalized spacial score (nSPS) is 18.1. The smallest absolute Gasteiger partial charge is 0.326 e. The molecule has 1 aliphatic carbocycles. The first-order chi connectivity index (χ1) is 8.99. The maximum Gasteiger partial charge on any atom is 0.326 e. The van der Waals surface area contributed by atoms with Gasteiger partial charge in [-0.15, -0.1) is 0 Å². The standard InChI is InChI=1S/C12H21N3O4/c13-10(16)7-9(11(17)18)15-12(19)14-8-5-3-1-2-4-6-8/h8-9H,1-7H2,(H2,13,16)(H,17,18)(H2,14,15,19)/t9-/m0/s1. The van der Waals surface area contributed by atoms with Crippen LogP contribution >= 0.6 is 0 Å². The summed E-state index contributed by atoms with van der Waals surface area (Å²) in [5, 5.41) is 13.9. The van der Waals surface area contributed by atoms with E-state index >= 15 is 0 Å². The minimum atomic E-state index is -1.27. The van der Waals surface area contributed by atoms with Crippen molar-refractivity contribution in [2.24, 2.45) is 5.73 Å². The van der Waals surface area contributed by atoms with Gasteiger partial charge in [0.05, 0.1) is 6.42 Å². The second-order valence-electron chi connectivity index (χ2n) is 4.87. The van der Waals surface area contributed by atoms with Crippen LogP contribution in [0.5, 0.6) is 0 Å². The number of carboxylic acids is 1. The molecule has 7 heteroatoms. The Hall–Kier alpha value is -1.79. The van der Waals surface area contributed by atoms with Crippen LogP contribution in [0.25, 0.3) is 0 Å². The molecule has 0 spiro atoms. The van der Waals surface area contributed by atoms with Crippen LogP contribution in [-0.2, 0) is 9.59 Å². The van der Waals surface area contributed by atoms with Crippen molar-refractivity contribution in [1.82, 2.24) is 10.6 Å². The average Bonchev–Trinajstić information content (AvgIpc) is 2.56. The maximum atomic E-state index is 11.7. The molecule has 1 atom stereocenters. The molecule has 5 N–H and O–H groups in total. The van der Waals surface area contributed by atoms with Crippen LogP contribution in [0.15, 0.2) is 0 Å². The van der Waals surface area contributed by atoms with E-state index in [1.165, 1.54) is 12.8 Å². The van der Waals surface area contributed by atoms with Crippen LogP contribution in [-0.4, -0.2) is 35.1 Å². The lowest BCUT2D eigenvalue weighted by Crippen LogP contribution is -2.50. The van der Waals surface area contributed by atoms with Gasteiger partial charge >= 0.3 is 12.0 Å². The lowest BCUT2D eigenvalue weighted by Gasteiger charge is -2.19. The van der Waals surface area contributed by atoms with Gasteiger partial charge in [0.1, 0.15) is 6.04 Å². The summed E-state index contributed by atoms with van der Waals surface area (Å²) < 4.78 is 0. The van der Waals surface area contributed by atoms with Crippen LogP contribution in [0.1, 0.15) is 44.9 Å². The molecule has 1 fully saturated rings. The van der Waals surface area contributed by atoms with Gasteiger partial charge in [-0.2, -0.15) is 0 Å². The summed E-state index contributed by atoms with van der Waals surface area (Å²) in [6, 6.07) is -1.76. The number of rotatable bonds is 5. The van der Waals surface area contributed by atoms with Gasteiger partial charge in [-0.1, -0.05) is 25.7 Å². The van der Waals surface area contributed by atoms with Crippen molar-refractivity contribution < 1.29 is 19.5 Å². The zero-order valence-corrected chi connectivity index (χ0v) is 10.9. The highest BCUT2D eigenvalue weighted by atomic mass is 16.4. The van der Waals surface area contributed by atoms with Gasteiger partial charge in [0.15, 0.2) is 0 Å². The molecule has 0 bridgehead atoms. The van der Waals surface area contributed by atoms with Gasteiger partial charge in [0.2, 0.25) is 5.91 Å². The fourth-order valence-electron chi connectivity index (χ4n) is 2.21. The van der Waals surface area contributed by atoms with E-state index in [1.54, 1.807) is 0 Å². The minimum Gasteiger partial charge on any atom is -0.480 e. The fourth-order valence-corrected chi connectivity index (χ4v) is 2.21. The Morgan fingerprint density at radius 2 is 1.74 bits per heavy atom. The van der Waals surface area contributed by atoms with Gasteiger partial charge in [-0.25, -0.2) is 9.59 Å². The summed E-state index contributed by atoms with van der Waals surface area (Å²) in [7, 11) is 0. The molecule has 0 aromatic carbocycles. The van der Waals surface area contributed by atoms with E-state index in [-0.39, 0.29) is 6.04 Å². The Kier molecular flexibility index (Phi) is 6.11. The first-order valence-electron chi connectivity index (χ1n) is 6.57. The number of carbonyl (C=O) groups excluding carboxylic acids is 2. The Bertz CT molecular complexity index is 338. The molecule has 19 heavy (non-hydrogen) atoms. The second-order valence-corrected chi connectivity index (χ2v) is 4.87. The number of hydrogen-bond acceptors (Lipinski definition) is 3. The van der Waals surface area contributed by atoms with Crippen molar-refractivity contribution in [2.45, 2.75) is 57.0 Å². The third kappa shape index (κ3) is 6.08. The number of carbonyl (C=O) groups is 3. The molecule has 0 aliphatic heterocycles.